The van der Waals surface area contributed by atoms with Gasteiger partial charge in [0.05, 0.1) is 10.8 Å². The van der Waals surface area contributed by atoms with Gasteiger partial charge in [0, 0.05) is 23.1 Å². The molecule has 0 bridgehead atoms. The standard InChI is InChI=1S/C20H18N6O4S/c1-9-10(2)31-20-15(9)18(29)21-13(22-20)7-8-14(27)23-26-19(30)16-11-5-3-4-6-12(11)17(28)25-24-16/h3-6H,7-8H2,1-2H3,(H,23,27)(H,25,28)(H,26,30)(H,21,22,29). The Morgan fingerprint density at radius 1 is 1.06 bits per heavy atom. The quantitative estimate of drug-likeness (QED) is 0.352. The van der Waals surface area contributed by atoms with Crippen LogP contribution in [0.2, 0.25) is 0 Å². The van der Waals surface area contributed by atoms with Crippen molar-refractivity contribution >= 4 is 44.1 Å². The Balaban J connectivity index is 1.41. The van der Waals surface area contributed by atoms with E-state index in [0.717, 1.165) is 10.4 Å². The number of thiophene rings is 1. The second-order valence-corrected chi connectivity index (χ2v) is 8.13. The number of nitrogens with one attached hydrogen (secondary N) is 4. The van der Waals surface area contributed by atoms with E-state index in [0.29, 0.717) is 26.8 Å². The van der Waals surface area contributed by atoms with Crippen molar-refractivity contribution in [2.24, 2.45) is 0 Å². The van der Waals surface area contributed by atoms with Crippen molar-refractivity contribution in [2.45, 2.75) is 26.7 Å². The largest absolute Gasteiger partial charge is 0.310 e. The van der Waals surface area contributed by atoms with Gasteiger partial charge in [-0.15, -0.1) is 11.3 Å². The fourth-order valence-electron chi connectivity index (χ4n) is 3.19. The lowest BCUT2D eigenvalue weighted by Gasteiger charge is -2.08. The van der Waals surface area contributed by atoms with Crippen LogP contribution in [0.1, 0.15) is 33.2 Å². The number of rotatable bonds is 4. The van der Waals surface area contributed by atoms with E-state index in [2.05, 4.69) is 31.0 Å². The minimum absolute atomic E-state index is 0.00212. The molecule has 0 spiro atoms. The average molecular weight is 438 g/mol. The van der Waals surface area contributed by atoms with Crippen LogP contribution in [0.4, 0.5) is 0 Å². The molecule has 0 fully saturated rings. The maximum absolute atomic E-state index is 12.4. The molecule has 0 aliphatic heterocycles. The summed E-state index contributed by atoms with van der Waals surface area (Å²) in [6.45, 7) is 3.80. The molecular weight excluding hydrogens is 420 g/mol. The molecule has 0 radical (unpaired) electrons. The molecule has 0 saturated carbocycles. The first-order valence-electron chi connectivity index (χ1n) is 9.40. The van der Waals surface area contributed by atoms with Gasteiger partial charge in [0.15, 0.2) is 5.69 Å². The van der Waals surface area contributed by atoms with Gasteiger partial charge >= 0.3 is 0 Å². The van der Waals surface area contributed by atoms with Gasteiger partial charge in [-0.05, 0) is 25.5 Å². The Morgan fingerprint density at radius 2 is 1.81 bits per heavy atom. The predicted octanol–water partition coefficient (Wildman–Crippen LogP) is 1.23. The first kappa shape index (κ1) is 20.4. The Bertz CT molecular complexity index is 1450. The molecule has 4 aromatic rings. The van der Waals surface area contributed by atoms with Gasteiger partial charge < -0.3 is 4.98 Å². The topological polar surface area (TPSA) is 150 Å². The monoisotopic (exact) mass is 438 g/mol. The number of hydrogen-bond donors (Lipinski definition) is 4. The number of nitrogens with zero attached hydrogens (tertiary/aromatic N) is 2. The average Bonchev–Trinajstić information content (AvgIpc) is 3.05. The first-order valence-corrected chi connectivity index (χ1v) is 10.2. The summed E-state index contributed by atoms with van der Waals surface area (Å²) in [6.07, 6.45) is 0.195. The van der Waals surface area contributed by atoms with Crippen LogP contribution in [0.25, 0.3) is 21.0 Å². The Hall–Kier alpha value is -3.86. The molecular formula is C20H18N6O4S. The lowest BCUT2D eigenvalue weighted by Crippen LogP contribution is -2.42. The number of H-pyrrole nitrogens is 2. The molecule has 3 heterocycles. The molecule has 2 amide bonds. The molecule has 0 saturated heterocycles. The number of hydrogen-bond acceptors (Lipinski definition) is 7. The summed E-state index contributed by atoms with van der Waals surface area (Å²) in [7, 11) is 0. The van der Waals surface area contributed by atoms with Crippen LogP contribution in [-0.2, 0) is 11.2 Å². The van der Waals surface area contributed by atoms with E-state index in [-0.39, 0.29) is 24.1 Å². The van der Waals surface area contributed by atoms with Crippen molar-refractivity contribution in [3.63, 3.8) is 0 Å². The molecule has 3 aromatic heterocycles. The van der Waals surface area contributed by atoms with E-state index in [1.54, 1.807) is 24.3 Å². The van der Waals surface area contributed by atoms with Crippen LogP contribution in [0.5, 0.6) is 0 Å². The van der Waals surface area contributed by atoms with E-state index in [1.165, 1.54) is 11.3 Å². The fourth-order valence-corrected chi connectivity index (χ4v) is 4.23. The maximum Gasteiger partial charge on any atom is 0.290 e. The highest BCUT2D eigenvalue weighted by molar-refractivity contribution is 7.18. The van der Waals surface area contributed by atoms with Crippen molar-refractivity contribution < 1.29 is 9.59 Å². The Kier molecular flexibility index (Phi) is 5.34. The fraction of sp³-hybridized carbons (Fsp3) is 0.200. The first-order chi connectivity index (χ1) is 14.8. The molecule has 0 aliphatic carbocycles. The number of aromatic amines is 2. The van der Waals surface area contributed by atoms with Crippen LogP contribution >= 0.6 is 11.3 Å². The highest BCUT2D eigenvalue weighted by Crippen LogP contribution is 2.25. The van der Waals surface area contributed by atoms with Gasteiger partial charge in [-0.25, -0.2) is 10.1 Å². The van der Waals surface area contributed by atoms with E-state index in [1.807, 2.05) is 13.8 Å². The van der Waals surface area contributed by atoms with Crippen LogP contribution < -0.4 is 22.0 Å². The third kappa shape index (κ3) is 3.94. The van der Waals surface area contributed by atoms with E-state index in [9.17, 15) is 19.2 Å². The summed E-state index contributed by atoms with van der Waals surface area (Å²) < 4.78 is 0. The van der Waals surface area contributed by atoms with E-state index < -0.39 is 17.4 Å². The van der Waals surface area contributed by atoms with Gasteiger partial charge in [-0.1, -0.05) is 18.2 Å². The second-order valence-electron chi connectivity index (χ2n) is 6.93. The van der Waals surface area contributed by atoms with Gasteiger partial charge in [-0.2, -0.15) is 5.10 Å². The van der Waals surface area contributed by atoms with Gasteiger partial charge in [-0.3, -0.25) is 30.0 Å². The van der Waals surface area contributed by atoms with Crippen LogP contribution in [0, 0.1) is 13.8 Å². The van der Waals surface area contributed by atoms with Crippen molar-refractivity contribution in [1.29, 1.82) is 0 Å². The summed E-state index contributed by atoms with van der Waals surface area (Å²) in [5.41, 5.74) is 4.84. The molecule has 4 N–H and O–H groups in total. The molecule has 10 nitrogen and oxygen atoms in total. The normalized spacial score (nSPS) is 11.0. The lowest BCUT2D eigenvalue weighted by atomic mass is 10.1. The third-order valence-electron chi connectivity index (χ3n) is 4.90. The lowest BCUT2D eigenvalue weighted by molar-refractivity contribution is -0.121. The summed E-state index contributed by atoms with van der Waals surface area (Å²) >= 11 is 1.43. The van der Waals surface area contributed by atoms with Crippen molar-refractivity contribution in [3.8, 4) is 0 Å². The summed E-state index contributed by atoms with van der Waals surface area (Å²) in [6, 6.07) is 6.53. The highest BCUT2D eigenvalue weighted by Gasteiger charge is 2.16. The number of carbonyl (C=O) groups is 2. The second kappa shape index (κ2) is 8.11. The smallest absolute Gasteiger partial charge is 0.290 e. The zero-order valence-corrected chi connectivity index (χ0v) is 17.5. The van der Waals surface area contributed by atoms with Crippen molar-refractivity contribution in [1.82, 2.24) is 31.0 Å². The zero-order valence-electron chi connectivity index (χ0n) is 16.7. The Morgan fingerprint density at radius 3 is 2.58 bits per heavy atom. The molecule has 4 rings (SSSR count). The molecule has 158 valence electrons. The number of benzene rings is 1. The molecule has 0 aliphatic rings. The summed E-state index contributed by atoms with van der Waals surface area (Å²) in [5, 5.41) is 7.30. The number of fused-ring (bicyclic) bond motifs is 2. The molecule has 11 heteroatoms. The summed E-state index contributed by atoms with van der Waals surface area (Å²) in [4.78, 5) is 57.5. The molecule has 31 heavy (non-hydrogen) atoms. The van der Waals surface area contributed by atoms with Crippen LogP contribution in [0.15, 0.2) is 33.9 Å². The van der Waals surface area contributed by atoms with Crippen LogP contribution in [0.3, 0.4) is 0 Å². The summed E-state index contributed by atoms with van der Waals surface area (Å²) in [5.74, 6) is -0.741. The predicted molar refractivity (Wildman–Crippen MR) is 116 cm³/mol. The minimum atomic E-state index is -0.668. The minimum Gasteiger partial charge on any atom is -0.310 e. The highest BCUT2D eigenvalue weighted by atomic mass is 32.1. The SMILES string of the molecule is Cc1sc2nc(CCC(=O)NNC(=O)c3n[nH]c(=O)c4ccccc34)[nH]c(=O)c2c1C. The van der Waals surface area contributed by atoms with Gasteiger partial charge in [0.1, 0.15) is 10.7 Å². The number of amides is 2. The number of aromatic nitrogens is 4. The van der Waals surface area contributed by atoms with Crippen LogP contribution in [-0.4, -0.2) is 32.0 Å². The van der Waals surface area contributed by atoms with Gasteiger partial charge in [0.25, 0.3) is 17.0 Å². The maximum atomic E-state index is 12.4. The Labute approximate surface area is 178 Å². The van der Waals surface area contributed by atoms with E-state index >= 15 is 0 Å². The third-order valence-corrected chi connectivity index (χ3v) is 6.00. The van der Waals surface area contributed by atoms with Crippen molar-refractivity contribution in [2.75, 3.05) is 0 Å². The van der Waals surface area contributed by atoms with Gasteiger partial charge in [0.2, 0.25) is 5.91 Å². The van der Waals surface area contributed by atoms with Crippen molar-refractivity contribution in [3.05, 3.63) is 66.9 Å². The number of carbonyl (C=O) groups excluding carboxylic acids is 2. The number of aryl methyl sites for hydroxylation is 3. The molecule has 0 atom stereocenters. The van der Waals surface area contributed by atoms with E-state index in [4.69, 9.17) is 0 Å². The molecule has 0 unspecified atom stereocenters. The molecule has 1 aromatic carbocycles. The number of hydrazine groups is 1. The zero-order chi connectivity index (χ0) is 22.1.